The van der Waals surface area contributed by atoms with Gasteiger partial charge in [-0.25, -0.2) is 4.98 Å². The van der Waals surface area contributed by atoms with Crippen LogP contribution in [0.2, 0.25) is 0 Å². The van der Waals surface area contributed by atoms with E-state index in [0.717, 1.165) is 11.3 Å². The molecule has 0 amide bonds. The summed E-state index contributed by atoms with van der Waals surface area (Å²) < 4.78 is 16.3. The summed E-state index contributed by atoms with van der Waals surface area (Å²) in [6, 6.07) is 7.49. The van der Waals surface area contributed by atoms with Crippen LogP contribution in [0, 0.1) is 11.8 Å². The highest BCUT2D eigenvalue weighted by molar-refractivity contribution is 9.10. The summed E-state index contributed by atoms with van der Waals surface area (Å²) in [5.74, 6) is 7.98. The molecule has 21 heavy (non-hydrogen) atoms. The van der Waals surface area contributed by atoms with Gasteiger partial charge >= 0.3 is 0 Å². The Morgan fingerprint density at radius 1 is 0.952 bits per heavy atom. The van der Waals surface area contributed by atoms with Crippen LogP contribution in [0.4, 0.5) is 0 Å². The molecule has 1 aromatic heterocycles. The number of nitrogens with zero attached hydrogens (tertiary/aromatic N) is 1. The van der Waals surface area contributed by atoms with Crippen LogP contribution >= 0.6 is 15.9 Å². The van der Waals surface area contributed by atoms with Crippen LogP contribution in [0.15, 0.2) is 34.9 Å². The van der Waals surface area contributed by atoms with E-state index < -0.39 is 0 Å². The van der Waals surface area contributed by atoms with Crippen LogP contribution < -0.4 is 14.2 Å². The lowest BCUT2D eigenvalue weighted by Gasteiger charge is -2.08. The predicted octanol–water partition coefficient (Wildman–Crippen LogP) is 3.27. The number of hydrogen-bond donors (Lipinski definition) is 0. The molecule has 0 unspecified atom stereocenters. The highest BCUT2D eigenvalue weighted by Gasteiger charge is 2.12. The molecule has 0 saturated carbocycles. The molecule has 2 aromatic rings. The SMILES string of the molecule is COc1ccc(C#Cc2ncc(OC)c(Br)c2OC)cc1. The lowest BCUT2D eigenvalue weighted by atomic mass is 10.2. The molecule has 0 spiro atoms. The van der Waals surface area contributed by atoms with Crippen molar-refractivity contribution in [1.29, 1.82) is 0 Å². The van der Waals surface area contributed by atoms with Crippen molar-refractivity contribution < 1.29 is 14.2 Å². The summed E-state index contributed by atoms with van der Waals surface area (Å²) in [6.07, 6.45) is 1.60. The lowest BCUT2D eigenvalue weighted by molar-refractivity contribution is 0.385. The normalized spacial score (nSPS) is 9.52. The van der Waals surface area contributed by atoms with Gasteiger partial charge in [-0.3, -0.25) is 0 Å². The first kappa shape index (κ1) is 15.2. The van der Waals surface area contributed by atoms with Gasteiger partial charge in [0.15, 0.2) is 17.2 Å². The molecule has 108 valence electrons. The number of benzene rings is 1. The van der Waals surface area contributed by atoms with Gasteiger partial charge in [-0.05, 0) is 46.1 Å². The molecule has 0 aliphatic carbocycles. The fourth-order valence-electron chi connectivity index (χ4n) is 1.68. The Morgan fingerprint density at radius 3 is 2.24 bits per heavy atom. The van der Waals surface area contributed by atoms with Crippen LogP contribution in [0.5, 0.6) is 17.2 Å². The van der Waals surface area contributed by atoms with Crippen molar-refractivity contribution in [2.75, 3.05) is 21.3 Å². The highest BCUT2D eigenvalue weighted by Crippen LogP contribution is 2.35. The summed E-state index contributed by atoms with van der Waals surface area (Å²) in [5, 5.41) is 0. The Labute approximate surface area is 132 Å². The maximum atomic E-state index is 5.33. The summed E-state index contributed by atoms with van der Waals surface area (Å²) in [4.78, 5) is 4.25. The van der Waals surface area contributed by atoms with Crippen molar-refractivity contribution in [3.8, 4) is 29.1 Å². The van der Waals surface area contributed by atoms with Crippen molar-refractivity contribution in [2.24, 2.45) is 0 Å². The van der Waals surface area contributed by atoms with Crippen molar-refractivity contribution in [3.63, 3.8) is 0 Å². The largest absolute Gasteiger partial charge is 0.497 e. The standard InChI is InChI=1S/C16H14BrNO3/c1-19-12-7-4-11(5-8-12)6-9-13-16(21-3)15(17)14(20-2)10-18-13/h4-5,7-8,10H,1-3H3. The van der Waals surface area contributed by atoms with Crippen LogP contribution in [-0.2, 0) is 0 Å². The van der Waals surface area contributed by atoms with E-state index in [-0.39, 0.29) is 0 Å². The summed E-state index contributed by atoms with van der Waals surface area (Å²) >= 11 is 3.42. The van der Waals surface area contributed by atoms with Gasteiger partial charge in [-0.15, -0.1) is 0 Å². The van der Waals surface area contributed by atoms with Gasteiger partial charge < -0.3 is 14.2 Å². The monoisotopic (exact) mass is 347 g/mol. The van der Waals surface area contributed by atoms with Gasteiger partial charge in [-0.1, -0.05) is 5.92 Å². The third-order valence-corrected chi connectivity index (χ3v) is 3.53. The smallest absolute Gasteiger partial charge is 0.171 e. The van der Waals surface area contributed by atoms with Gasteiger partial charge in [0.2, 0.25) is 0 Å². The first-order valence-electron chi connectivity index (χ1n) is 6.12. The molecule has 0 aliphatic rings. The van der Waals surface area contributed by atoms with E-state index in [0.29, 0.717) is 21.7 Å². The lowest BCUT2D eigenvalue weighted by Crippen LogP contribution is -1.96. The van der Waals surface area contributed by atoms with E-state index in [1.807, 2.05) is 24.3 Å². The number of pyridine rings is 1. The molecule has 0 saturated heterocycles. The second kappa shape index (κ2) is 7.00. The molecular weight excluding hydrogens is 334 g/mol. The molecule has 1 heterocycles. The first-order chi connectivity index (χ1) is 10.2. The van der Waals surface area contributed by atoms with Gasteiger partial charge in [0.25, 0.3) is 0 Å². The van der Waals surface area contributed by atoms with Crippen molar-refractivity contribution in [3.05, 3.63) is 46.2 Å². The molecule has 4 nitrogen and oxygen atoms in total. The minimum Gasteiger partial charge on any atom is -0.497 e. The third-order valence-electron chi connectivity index (χ3n) is 2.78. The van der Waals surface area contributed by atoms with Gasteiger partial charge in [0.05, 0.1) is 27.5 Å². The average Bonchev–Trinajstić information content (AvgIpc) is 2.53. The summed E-state index contributed by atoms with van der Waals surface area (Å²) in [7, 11) is 4.77. The highest BCUT2D eigenvalue weighted by atomic mass is 79.9. The quantitative estimate of drug-likeness (QED) is 0.799. The molecular formula is C16H14BrNO3. The minimum atomic E-state index is 0.543. The predicted molar refractivity (Wildman–Crippen MR) is 84.0 cm³/mol. The van der Waals surface area contributed by atoms with E-state index in [9.17, 15) is 0 Å². The van der Waals surface area contributed by atoms with E-state index in [1.54, 1.807) is 27.5 Å². The Morgan fingerprint density at radius 2 is 1.67 bits per heavy atom. The molecule has 2 rings (SSSR count). The van der Waals surface area contributed by atoms with Gasteiger partial charge in [-0.2, -0.15) is 0 Å². The molecule has 0 N–H and O–H groups in total. The Balaban J connectivity index is 2.35. The average molecular weight is 348 g/mol. The fraction of sp³-hybridized carbons (Fsp3) is 0.188. The number of ether oxygens (including phenoxy) is 3. The van der Waals surface area contributed by atoms with Crippen LogP contribution in [-0.4, -0.2) is 26.3 Å². The van der Waals surface area contributed by atoms with Gasteiger partial charge in [0, 0.05) is 5.56 Å². The maximum absolute atomic E-state index is 5.33. The van der Waals surface area contributed by atoms with E-state index in [2.05, 4.69) is 32.8 Å². The van der Waals surface area contributed by atoms with E-state index in [4.69, 9.17) is 14.2 Å². The Hall–Kier alpha value is -2.19. The fourth-order valence-corrected chi connectivity index (χ4v) is 2.29. The second-order valence-electron chi connectivity index (χ2n) is 4.00. The van der Waals surface area contributed by atoms with Gasteiger partial charge in [0.1, 0.15) is 10.2 Å². The number of hydrogen-bond acceptors (Lipinski definition) is 4. The Kier molecular flexibility index (Phi) is 5.07. The van der Waals surface area contributed by atoms with E-state index in [1.165, 1.54) is 0 Å². The molecule has 0 bridgehead atoms. The summed E-state index contributed by atoms with van der Waals surface area (Å²) in [5.41, 5.74) is 1.41. The van der Waals surface area contributed by atoms with Crippen molar-refractivity contribution in [2.45, 2.75) is 0 Å². The molecule has 0 aliphatic heterocycles. The molecule has 0 atom stereocenters. The number of rotatable bonds is 3. The molecule has 1 aromatic carbocycles. The minimum absolute atomic E-state index is 0.543. The maximum Gasteiger partial charge on any atom is 0.171 e. The van der Waals surface area contributed by atoms with Crippen LogP contribution in [0.3, 0.4) is 0 Å². The van der Waals surface area contributed by atoms with Crippen LogP contribution in [0.25, 0.3) is 0 Å². The molecule has 0 fully saturated rings. The topological polar surface area (TPSA) is 40.6 Å². The zero-order chi connectivity index (χ0) is 15.2. The molecule has 5 heteroatoms. The number of methoxy groups -OCH3 is 3. The Bertz CT molecular complexity index is 687. The number of aromatic nitrogens is 1. The zero-order valence-electron chi connectivity index (χ0n) is 11.9. The zero-order valence-corrected chi connectivity index (χ0v) is 13.5. The summed E-state index contributed by atoms with van der Waals surface area (Å²) in [6.45, 7) is 0. The molecule has 0 radical (unpaired) electrons. The van der Waals surface area contributed by atoms with Crippen molar-refractivity contribution in [1.82, 2.24) is 4.98 Å². The van der Waals surface area contributed by atoms with Crippen molar-refractivity contribution >= 4 is 15.9 Å². The first-order valence-corrected chi connectivity index (χ1v) is 6.91. The third kappa shape index (κ3) is 3.47. The van der Waals surface area contributed by atoms with Crippen LogP contribution in [0.1, 0.15) is 11.3 Å². The van der Waals surface area contributed by atoms with E-state index >= 15 is 0 Å². The number of halogens is 1. The second-order valence-corrected chi connectivity index (χ2v) is 4.79.